The van der Waals surface area contributed by atoms with Gasteiger partial charge in [0, 0.05) is 0 Å². The average Bonchev–Trinajstić information content (AvgIpc) is 2.33. The van der Waals surface area contributed by atoms with Crippen LogP contribution in [0.5, 0.6) is 0 Å². The van der Waals surface area contributed by atoms with Crippen LogP contribution in [0.4, 0.5) is 0 Å². The Labute approximate surface area is 102 Å². The first-order valence-electron chi connectivity index (χ1n) is 5.70. The first kappa shape index (κ1) is 11.4. The summed E-state index contributed by atoms with van der Waals surface area (Å²) in [6.07, 6.45) is 1.90. The van der Waals surface area contributed by atoms with Crippen molar-refractivity contribution in [1.29, 1.82) is 0 Å². The Kier molecular flexibility index (Phi) is 3.24. The minimum Gasteiger partial charge on any atom is -0.0984 e. The molecular formula is C17H16. The molecule has 0 bridgehead atoms. The minimum absolute atomic E-state index is 1.03. The molecule has 0 heteroatoms. The number of aryl methyl sites for hydroxylation is 1. The molecule has 0 radical (unpaired) electrons. The van der Waals surface area contributed by atoms with E-state index in [2.05, 4.69) is 50.4 Å². The first-order chi connectivity index (χ1) is 8.22. The Morgan fingerprint density at radius 2 is 1.82 bits per heavy atom. The monoisotopic (exact) mass is 220 g/mol. The summed E-state index contributed by atoms with van der Waals surface area (Å²) < 4.78 is 0. The largest absolute Gasteiger partial charge is 0.0984 e. The predicted molar refractivity (Wildman–Crippen MR) is 75.1 cm³/mol. The van der Waals surface area contributed by atoms with E-state index in [1.807, 2.05) is 24.3 Å². The van der Waals surface area contributed by atoms with Crippen LogP contribution in [0.15, 0.2) is 61.2 Å². The molecule has 0 aromatic heterocycles. The molecule has 2 aromatic rings. The summed E-state index contributed by atoms with van der Waals surface area (Å²) in [6.45, 7) is 10.1. The number of benzene rings is 2. The molecule has 0 aliphatic heterocycles. The van der Waals surface area contributed by atoms with E-state index in [0.717, 1.165) is 16.0 Å². The van der Waals surface area contributed by atoms with Gasteiger partial charge in [-0.1, -0.05) is 73.3 Å². The lowest BCUT2D eigenvalue weighted by molar-refractivity contribution is 1.43. The van der Waals surface area contributed by atoms with Crippen LogP contribution in [-0.2, 0) is 0 Å². The van der Waals surface area contributed by atoms with Gasteiger partial charge in [0.15, 0.2) is 0 Å². The van der Waals surface area contributed by atoms with Crippen LogP contribution in [-0.4, -0.2) is 0 Å². The van der Waals surface area contributed by atoms with Crippen molar-refractivity contribution >= 4 is 12.2 Å². The zero-order valence-electron chi connectivity index (χ0n) is 10.1. The zero-order chi connectivity index (χ0) is 12.3. The molecule has 0 nitrogen and oxygen atoms in total. The van der Waals surface area contributed by atoms with Crippen LogP contribution in [0.2, 0.25) is 0 Å². The van der Waals surface area contributed by atoms with Crippen molar-refractivity contribution in [3.8, 4) is 0 Å². The van der Waals surface area contributed by atoms with E-state index in [1.54, 1.807) is 0 Å². The average molecular weight is 220 g/mol. The molecule has 2 aromatic carbocycles. The highest BCUT2D eigenvalue weighted by Gasteiger charge is 1.99. The van der Waals surface area contributed by atoms with Crippen LogP contribution >= 0.6 is 0 Å². The van der Waals surface area contributed by atoms with E-state index in [0.29, 0.717) is 0 Å². The van der Waals surface area contributed by atoms with Gasteiger partial charge in [-0.05, 0) is 28.5 Å². The van der Waals surface area contributed by atoms with Crippen molar-refractivity contribution in [2.75, 3.05) is 0 Å². The summed E-state index contributed by atoms with van der Waals surface area (Å²) in [5.74, 6) is 0. The quantitative estimate of drug-likeness (QED) is 0.730. The van der Waals surface area contributed by atoms with E-state index in [9.17, 15) is 0 Å². The highest BCUT2D eigenvalue weighted by atomic mass is 14.0. The third-order valence-electron chi connectivity index (χ3n) is 2.84. The van der Waals surface area contributed by atoms with E-state index in [4.69, 9.17) is 0 Å². The second kappa shape index (κ2) is 4.84. The summed E-state index contributed by atoms with van der Waals surface area (Å²) >= 11 is 0. The van der Waals surface area contributed by atoms with Crippen molar-refractivity contribution in [3.05, 3.63) is 82.8 Å². The predicted octanol–water partition coefficient (Wildman–Crippen LogP) is 2.79. The number of rotatable bonds is 2. The lowest BCUT2D eigenvalue weighted by atomic mass is 10.0. The number of hydrogen-bond acceptors (Lipinski definition) is 0. The molecule has 0 amide bonds. The molecule has 0 spiro atoms. The molecule has 0 unspecified atom stereocenters. The van der Waals surface area contributed by atoms with Gasteiger partial charge in [-0.2, -0.15) is 0 Å². The third-order valence-corrected chi connectivity index (χ3v) is 2.84. The first-order valence-corrected chi connectivity index (χ1v) is 5.70. The Balaban J connectivity index is 2.79. The zero-order valence-corrected chi connectivity index (χ0v) is 10.1. The van der Waals surface area contributed by atoms with Gasteiger partial charge in [0.1, 0.15) is 0 Å². The molecule has 17 heavy (non-hydrogen) atoms. The molecule has 0 fully saturated rings. The molecule has 0 atom stereocenters. The summed E-state index contributed by atoms with van der Waals surface area (Å²) in [7, 11) is 0. The van der Waals surface area contributed by atoms with Gasteiger partial charge in [0.05, 0.1) is 0 Å². The van der Waals surface area contributed by atoms with Crippen molar-refractivity contribution in [3.63, 3.8) is 0 Å². The van der Waals surface area contributed by atoms with E-state index in [1.165, 1.54) is 11.1 Å². The van der Waals surface area contributed by atoms with Crippen LogP contribution in [0, 0.1) is 6.92 Å². The summed E-state index contributed by atoms with van der Waals surface area (Å²) in [5.41, 5.74) is 3.58. The van der Waals surface area contributed by atoms with Crippen molar-refractivity contribution < 1.29 is 0 Å². The fourth-order valence-electron chi connectivity index (χ4n) is 1.98. The van der Waals surface area contributed by atoms with Gasteiger partial charge < -0.3 is 0 Å². The maximum atomic E-state index is 4.07. The standard InChI is InChI=1S/C17H16/c1-4-16(15-10-7-8-13(2)12-15)17-11-6-5-9-14(17)3/h4-12H,1,3H2,2H3/b17-16+. The molecule has 84 valence electrons. The van der Waals surface area contributed by atoms with Crippen LogP contribution in [0.3, 0.4) is 0 Å². The Morgan fingerprint density at radius 1 is 1.06 bits per heavy atom. The van der Waals surface area contributed by atoms with Gasteiger partial charge in [-0.15, -0.1) is 0 Å². The van der Waals surface area contributed by atoms with Gasteiger partial charge in [0.25, 0.3) is 0 Å². The minimum atomic E-state index is 1.03. The molecule has 0 saturated carbocycles. The topological polar surface area (TPSA) is 0 Å². The highest BCUT2D eigenvalue weighted by Crippen LogP contribution is 2.13. The lowest BCUT2D eigenvalue weighted by Gasteiger charge is -2.04. The number of allylic oxidation sites excluding steroid dienone is 1. The van der Waals surface area contributed by atoms with E-state index in [-0.39, 0.29) is 0 Å². The molecule has 0 aliphatic carbocycles. The fraction of sp³-hybridized carbons (Fsp3) is 0.0588. The third kappa shape index (κ3) is 2.36. The second-order valence-corrected chi connectivity index (χ2v) is 4.14. The SMILES string of the molecule is C=C/C(c1cccc(C)c1)=c1/ccccc1=C. The Bertz CT molecular complexity index is 648. The van der Waals surface area contributed by atoms with Crippen LogP contribution < -0.4 is 10.4 Å². The molecule has 0 saturated heterocycles. The maximum absolute atomic E-state index is 4.07. The Hall–Kier alpha value is -2.08. The molecule has 2 rings (SSSR count). The van der Waals surface area contributed by atoms with Crippen LogP contribution in [0.25, 0.3) is 12.2 Å². The smallest absolute Gasteiger partial charge is 0.0111 e. The molecule has 0 aliphatic rings. The fourth-order valence-corrected chi connectivity index (χ4v) is 1.98. The van der Waals surface area contributed by atoms with Gasteiger partial charge >= 0.3 is 0 Å². The van der Waals surface area contributed by atoms with Crippen molar-refractivity contribution in [2.45, 2.75) is 6.92 Å². The van der Waals surface area contributed by atoms with Crippen molar-refractivity contribution in [2.24, 2.45) is 0 Å². The number of hydrogen-bond donors (Lipinski definition) is 0. The summed E-state index contributed by atoms with van der Waals surface area (Å²) in [6, 6.07) is 16.6. The van der Waals surface area contributed by atoms with Gasteiger partial charge in [-0.3, -0.25) is 0 Å². The molecule has 0 N–H and O–H groups in total. The maximum Gasteiger partial charge on any atom is -0.0111 e. The second-order valence-electron chi connectivity index (χ2n) is 4.14. The normalized spacial score (nSPS) is 12.1. The van der Waals surface area contributed by atoms with E-state index >= 15 is 0 Å². The van der Waals surface area contributed by atoms with E-state index < -0.39 is 0 Å². The highest BCUT2D eigenvalue weighted by molar-refractivity contribution is 5.73. The van der Waals surface area contributed by atoms with Crippen molar-refractivity contribution in [1.82, 2.24) is 0 Å². The van der Waals surface area contributed by atoms with Gasteiger partial charge in [-0.25, -0.2) is 0 Å². The lowest BCUT2D eigenvalue weighted by Crippen LogP contribution is -2.24. The summed E-state index contributed by atoms with van der Waals surface area (Å²) in [5, 5.41) is 2.18. The Morgan fingerprint density at radius 3 is 2.47 bits per heavy atom. The molecule has 0 heterocycles. The summed E-state index contributed by atoms with van der Waals surface area (Å²) in [4.78, 5) is 0. The van der Waals surface area contributed by atoms with Crippen LogP contribution in [0.1, 0.15) is 11.1 Å². The van der Waals surface area contributed by atoms with Gasteiger partial charge in [0.2, 0.25) is 0 Å². The molecular weight excluding hydrogens is 204 g/mol.